The Bertz CT molecular complexity index is 1010. The van der Waals surface area contributed by atoms with Gasteiger partial charge in [0.2, 0.25) is 15.9 Å². The van der Waals surface area contributed by atoms with Crippen LogP contribution in [0.5, 0.6) is 0 Å². The highest BCUT2D eigenvalue weighted by molar-refractivity contribution is 7.89. The van der Waals surface area contributed by atoms with Gasteiger partial charge in [-0.1, -0.05) is 18.2 Å². The minimum atomic E-state index is -3.83. The molecule has 0 radical (unpaired) electrons. The van der Waals surface area contributed by atoms with Crippen LogP contribution >= 0.6 is 0 Å². The zero-order valence-electron chi connectivity index (χ0n) is 16.3. The van der Waals surface area contributed by atoms with E-state index in [4.69, 9.17) is 0 Å². The van der Waals surface area contributed by atoms with Crippen LogP contribution in [0.25, 0.3) is 0 Å². The van der Waals surface area contributed by atoms with Gasteiger partial charge in [0.25, 0.3) is 0 Å². The lowest BCUT2D eigenvalue weighted by molar-refractivity contribution is -0.131. The fraction of sp³-hybridized carbons (Fsp3) is 0.300. The molecular weight excluding hydrogens is 402 g/mol. The summed E-state index contributed by atoms with van der Waals surface area (Å²) >= 11 is 0. The summed E-state index contributed by atoms with van der Waals surface area (Å²) in [6.45, 7) is 2.90. The van der Waals surface area contributed by atoms with Gasteiger partial charge in [0, 0.05) is 25.6 Å². The molecule has 1 unspecified atom stereocenters. The van der Waals surface area contributed by atoms with E-state index in [2.05, 4.69) is 4.72 Å². The summed E-state index contributed by atoms with van der Waals surface area (Å²) < 4.78 is 53.4. The molecule has 0 fully saturated rings. The molecule has 0 aliphatic rings. The predicted octanol–water partition coefficient (Wildman–Crippen LogP) is 3.06. The second-order valence-corrected chi connectivity index (χ2v) is 8.35. The van der Waals surface area contributed by atoms with Gasteiger partial charge >= 0.3 is 0 Å². The number of benzene rings is 2. The van der Waals surface area contributed by atoms with Crippen molar-refractivity contribution in [2.45, 2.75) is 31.2 Å². The molecule has 2 aromatic carbocycles. The first-order valence-corrected chi connectivity index (χ1v) is 10.3. The Balaban J connectivity index is 1.95. The number of amides is 1. The third kappa shape index (κ3) is 5.68. The van der Waals surface area contributed by atoms with Gasteiger partial charge in [-0.3, -0.25) is 9.59 Å². The van der Waals surface area contributed by atoms with Crippen molar-refractivity contribution in [2.24, 2.45) is 0 Å². The predicted molar refractivity (Wildman–Crippen MR) is 104 cm³/mol. The monoisotopic (exact) mass is 424 g/mol. The summed E-state index contributed by atoms with van der Waals surface area (Å²) in [7, 11) is -2.33. The van der Waals surface area contributed by atoms with E-state index in [0.717, 1.165) is 12.1 Å². The van der Waals surface area contributed by atoms with Crippen molar-refractivity contribution >= 4 is 21.7 Å². The number of hydrogen-bond donors (Lipinski definition) is 1. The molecule has 0 heterocycles. The molecule has 1 atom stereocenters. The van der Waals surface area contributed by atoms with E-state index in [1.165, 1.54) is 49.2 Å². The van der Waals surface area contributed by atoms with Crippen LogP contribution in [0.4, 0.5) is 8.78 Å². The molecule has 156 valence electrons. The van der Waals surface area contributed by atoms with Crippen LogP contribution in [0.15, 0.2) is 47.4 Å². The second kappa shape index (κ2) is 9.23. The summed E-state index contributed by atoms with van der Waals surface area (Å²) in [5.41, 5.74) is 0.817. The Morgan fingerprint density at radius 3 is 2.24 bits per heavy atom. The number of nitrogens with zero attached hydrogens (tertiary/aromatic N) is 1. The van der Waals surface area contributed by atoms with Crippen molar-refractivity contribution in [3.05, 3.63) is 65.2 Å². The molecule has 0 saturated heterocycles. The van der Waals surface area contributed by atoms with E-state index in [1.54, 1.807) is 6.92 Å². The van der Waals surface area contributed by atoms with E-state index in [9.17, 15) is 26.8 Å². The Morgan fingerprint density at radius 1 is 1.07 bits per heavy atom. The van der Waals surface area contributed by atoms with Crippen molar-refractivity contribution in [3.8, 4) is 0 Å². The molecule has 2 aromatic rings. The van der Waals surface area contributed by atoms with E-state index in [1.807, 2.05) is 0 Å². The van der Waals surface area contributed by atoms with Crippen molar-refractivity contribution in [2.75, 3.05) is 13.6 Å². The SMILES string of the molecule is CC(=O)c1ccc(S(=O)(=O)NCCC(=O)N(C)C(C)c2ccc(F)c(F)c2)cc1. The Kier molecular flexibility index (Phi) is 7.21. The van der Waals surface area contributed by atoms with Crippen molar-refractivity contribution in [1.82, 2.24) is 9.62 Å². The minimum absolute atomic E-state index is 0.0153. The molecule has 0 bridgehead atoms. The van der Waals surface area contributed by atoms with E-state index in [0.29, 0.717) is 11.1 Å². The quantitative estimate of drug-likeness (QED) is 0.661. The third-order valence-electron chi connectivity index (χ3n) is 4.60. The molecule has 29 heavy (non-hydrogen) atoms. The first-order valence-electron chi connectivity index (χ1n) is 8.84. The molecule has 6 nitrogen and oxygen atoms in total. The Morgan fingerprint density at radius 2 is 1.69 bits per heavy atom. The topological polar surface area (TPSA) is 83.5 Å². The normalized spacial score (nSPS) is 12.4. The Hall–Kier alpha value is -2.65. The van der Waals surface area contributed by atoms with Gasteiger partial charge in [-0.2, -0.15) is 0 Å². The lowest BCUT2D eigenvalue weighted by Gasteiger charge is -2.25. The van der Waals surface area contributed by atoms with Crippen molar-refractivity contribution in [1.29, 1.82) is 0 Å². The zero-order chi connectivity index (χ0) is 21.8. The van der Waals surface area contributed by atoms with E-state index >= 15 is 0 Å². The number of carbonyl (C=O) groups is 2. The highest BCUT2D eigenvalue weighted by atomic mass is 32.2. The molecule has 0 aliphatic heterocycles. The summed E-state index contributed by atoms with van der Waals surface area (Å²) in [6.07, 6.45) is -0.116. The van der Waals surface area contributed by atoms with E-state index in [-0.39, 0.29) is 29.6 Å². The number of sulfonamides is 1. The zero-order valence-corrected chi connectivity index (χ0v) is 17.1. The molecule has 1 N–H and O–H groups in total. The van der Waals surface area contributed by atoms with Crippen LogP contribution in [0.1, 0.15) is 42.2 Å². The number of hydrogen-bond acceptors (Lipinski definition) is 4. The highest BCUT2D eigenvalue weighted by Gasteiger charge is 2.20. The molecule has 2 rings (SSSR count). The van der Waals surface area contributed by atoms with Gasteiger partial charge < -0.3 is 4.90 Å². The van der Waals surface area contributed by atoms with Gasteiger partial charge in [-0.25, -0.2) is 21.9 Å². The van der Waals surface area contributed by atoms with E-state index < -0.39 is 27.7 Å². The number of Topliss-reactive ketones (excluding diaryl/α,β-unsaturated/α-hetero) is 1. The van der Waals surface area contributed by atoms with Crippen LogP contribution in [0.2, 0.25) is 0 Å². The molecule has 0 aliphatic carbocycles. The maximum absolute atomic E-state index is 13.4. The molecule has 0 aromatic heterocycles. The second-order valence-electron chi connectivity index (χ2n) is 6.58. The lowest BCUT2D eigenvalue weighted by atomic mass is 10.1. The summed E-state index contributed by atoms with van der Waals surface area (Å²) in [5, 5.41) is 0. The van der Waals surface area contributed by atoms with Gasteiger partial charge in [-0.15, -0.1) is 0 Å². The summed E-state index contributed by atoms with van der Waals surface area (Å²) in [6, 6.07) is 8.35. The number of rotatable bonds is 8. The van der Waals surface area contributed by atoms with Gasteiger partial charge in [0.1, 0.15) is 0 Å². The van der Waals surface area contributed by atoms with Crippen LogP contribution in [-0.2, 0) is 14.8 Å². The smallest absolute Gasteiger partial charge is 0.240 e. The maximum atomic E-state index is 13.4. The standard InChI is InChI=1S/C20H22F2N2O4S/c1-13(16-6-9-18(21)19(22)12-16)24(3)20(26)10-11-23-29(27,28)17-7-4-15(5-8-17)14(2)25/h4-9,12-13,23H,10-11H2,1-3H3. The number of nitrogens with one attached hydrogen (secondary N) is 1. The minimum Gasteiger partial charge on any atom is -0.339 e. The summed E-state index contributed by atoms with van der Waals surface area (Å²) in [4.78, 5) is 24.9. The molecule has 9 heteroatoms. The van der Waals surface area contributed by atoms with Crippen LogP contribution in [0.3, 0.4) is 0 Å². The number of carbonyl (C=O) groups excluding carboxylic acids is 2. The van der Waals surface area contributed by atoms with Crippen LogP contribution < -0.4 is 4.72 Å². The highest BCUT2D eigenvalue weighted by Crippen LogP contribution is 2.21. The summed E-state index contributed by atoms with van der Waals surface area (Å²) in [5.74, 6) is -2.51. The fourth-order valence-electron chi connectivity index (χ4n) is 2.63. The first kappa shape index (κ1) is 22.6. The van der Waals surface area contributed by atoms with Crippen molar-refractivity contribution in [3.63, 3.8) is 0 Å². The molecular formula is C20H22F2N2O4S. The lowest BCUT2D eigenvalue weighted by Crippen LogP contribution is -2.33. The first-order chi connectivity index (χ1) is 13.5. The molecule has 1 amide bonds. The Labute approximate surface area is 168 Å². The average molecular weight is 424 g/mol. The van der Waals surface area contributed by atoms with Gasteiger partial charge in [0.05, 0.1) is 10.9 Å². The largest absolute Gasteiger partial charge is 0.339 e. The van der Waals surface area contributed by atoms with Gasteiger partial charge in [-0.05, 0) is 43.7 Å². The molecule has 0 spiro atoms. The maximum Gasteiger partial charge on any atom is 0.240 e. The third-order valence-corrected chi connectivity index (χ3v) is 6.08. The van der Waals surface area contributed by atoms with Crippen LogP contribution in [0, 0.1) is 11.6 Å². The molecule has 0 saturated carbocycles. The van der Waals surface area contributed by atoms with Crippen molar-refractivity contribution < 1.29 is 26.8 Å². The van der Waals surface area contributed by atoms with Gasteiger partial charge in [0.15, 0.2) is 17.4 Å². The fourth-order valence-corrected chi connectivity index (χ4v) is 3.66. The number of halogens is 2. The van der Waals surface area contributed by atoms with Crippen LogP contribution in [-0.4, -0.2) is 38.6 Å². The average Bonchev–Trinajstić information content (AvgIpc) is 2.68. The number of ketones is 1.